The summed E-state index contributed by atoms with van der Waals surface area (Å²) in [5.41, 5.74) is 0. The molecule has 9 heavy (non-hydrogen) atoms. The minimum absolute atomic E-state index is 0.589. The second-order valence-electron chi connectivity index (χ2n) is 1.91. The molecule has 0 radical (unpaired) electrons. The van der Waals surface area contributed by atoms with Crippen LogP contribution in [0.1, 0.15) is 12.8 Å². The molecule has 1 atom stereocenters. The Hall–Kier alpha value is -0.990. The zero-order valence-electron chi connectivity index (χ0n) is 4.91. The van der Waals surface area contributed by atoms with Crippen molar-refractivity contribution in [3.05, 3.63) is 12.3 Å². The molecule has 0 amide bonds. The highest BCUT2D eigenvalue weighted by Crippen LogP contribution is 2.09. The number of hydrogen-bond acceptors (Lipinski definition) is 2. The summed E-state index contributed by atoms with van der Waals surface area (Å²) in [4.78, 5) is 10.2. The van der Waals surface area contributed by atoms with Crippen LogP contribution in [-0.2, 0) is 9.53 Å². The predicted molar refractivity (Wildman–Crippen MR) is 30.9 cm³/mol. The van der Waals surface area contributed by atoms with Crippen molar-refractivity contribution in [3.8, 4) is 0 Å². The Labute approximate surface area is 52.9 Å². The number of rotatable bonds is 1. The zero-order valence-corrected chi connectivity index (χ0v) is 4.91. The number of hydrogen-bond donors (Lipinski definition) is 1. The van der Waals surface area contributed by atoms with Crippen LogP contribution in [0.15, 0.2) is 12.3 Å². The first-order valence-corrected chi connectivity index (χ1v) is 2.84. The molecular weight excluding hydrogens is 120 g/mol. The third kappa shape index (κ3) is 1.45. The van der Waals surface area contributed by atoms with E-state index in [4.69, 9.17) is 9.84 Å². The molecule has 3 heteroatoms. The third-order valence-electron chi connectivity index (χ3n) is 1.21. The van der Waals surface area contributed by atoms with Gasteiger partial charge in [0.1, 0.15) is 0 Å². The Morgan fingerprint density at radius 2 is 2.56 bits per heavy atom. The van der Waals surface area contributed by atoms with Gasteiger partial charge in [0, 0.05) is 0 Å². The number of carboxylic acids is 1. The lowest BCUT2D eigenvalue weighted by molar-refractivity contribution is -0.147. The molecule has 50 valence electrons. The Morgan fingerprint density at radius 1 is 1.78 bits per heavy atom. The van der Waals surface area contributed by atoms with Crippen LogP contribution >= 0.6 is 0 Å². The lowest BCUT2D eigenvalue weighted by Crippen LogP contribution is -2.23. The molecule has 0 saturated carbocycles. The first kappa shape index (κ1) is 6.13. The molecule has 0 aliphatic carbocycles. The van der Waals surface area contributed by atoms with Gasteiger partial charge in [0.2, 0.25) is 0 Å². The summed E-state index contributed by atoms with van der Waals surface area (Å²) in [6.07, 6.45) is 4.04. The maximum Gasteiger partial charge on any atom is 0.344 e. The van der Waals surface area contributed by atoms with Crippen molar-refractivity contribution >= 4 is 5.97 Å². The Bertz CT molecular complexity index is 139. The van der Waals surface area contributed by atoms with Gasteiger partial charge in [-0.05, 0) is 18.9 Å². The lowest BCUT2D eigenvalue weighted by Gasteiger charge is -2.13. The first-order valence-electron chi connectivity index (χ1n) is 2.84. The zero-order chi connectivity index (χ0) is 6.69. The molecule has 1 aliphatic heterocycles. The van der Waals surface area contributed by atoms with Crippen molar-refractivity contribution in [1.29, 1.82) is 0 Å². The highest BCUT2D eigenvalue weighted by molar-refractivity contribution is 5.72. The van der Waals surface area contributed by atoms with Gasteiger partial charge >= 0.3 is 5.97 Å². The molecular formula is C6H8O3. The molecule has 0 spiro atoms. The van der Waals surface area contributed by atoms with Crippen molar-refractivity contribution in [2.24, 2.45) is 0 Å². The molecule has 0 fully saturated rings. The fourth-order valence-corrected chi connectivity index (χ4v) is 0.716. The van der Waals surface area contributed by atoms with E-state index in [0.717, 1.165) is 6.42 Å². The largest absolute Gasteiger partial charge is 0.487 e. The highest BCUT2D eigenvalue weighted by Gasteiger charge is 2.18. The predicted octanol–water partition coefficient (Wildman–Crippen LogP) is 0.764. The monoisotopic (exact) mass is 128 g/mol. The minimum atomic E-state index is -0.876. The van der Waals surface area contributed by atoms with Crippen molar-refractivity contribution in [2.45, 2.75) is 18.9 Å². The molecule has 3 nitrogen and oxygen atoms in total. The maximum atomic E-state index is 10.2. The van der Waals surface area contributed by atoms with Crippen LogP contribution < -0.4 is 0 Å². The molecule has 1 aliphatic rings. The second kappa shape index (κ2) is 2.53. The Morgan fingerprint density at radius 3 is 2.89 bits per heavy atom. The SMILES string of the molecule is O=C(O)[C@@H]1CCC=CO1. The van der Waals surface area contributed by atoms with E-state index in [1.807, 2.05) is 6.08 Å². The molecule has 0 saturated heterocycles. The average molecular weight is 128 g/mol. The van der Waals surface area contributed by atoms with Gasteiger partial charge < -0.3 is 9.84 Å². The summed E-state index contributed by atoms with van der Waals surface area (Å²) in [5.74, 6) is -0.876. The van der Waals surface area contributed by atoms with Crippen LogP contribution in [0.3, 0.4) is 0 Å². The van der Waals surface area contributed by atoms with E-state index < -0.39 is 12.1 Å². The molecule has 0 aromatic carbocycles. The van der Waals surface area contributed by atoms with E-state index in [1.54, 1.807) is 0 Å². The molecule has 1 rings (SSSR count). The van der Waals surface area contributed by atoms with Crippen LogP contribution in [0.25, 0.3) is 0 Å². The van der Waals surface area contributed by atoms with Gasteiger partial charge in [0.05, 0.1) is 6.26 Å². The van der Waals surface area contributed by atoms with E-state index in [-0.39, 0.29) is 0 Å². The smallest absolute Gasteiger partial charge is 0.344 e. The number of ether oxygens (including phenoxy) is 1. The van der Waals surface area contributed by atoms with Gasteiger partial charge in [-0.1, -0.05) is 0 Å². The van der Waals surface area contributed by atoms with Crippen LogP contribution in [0.5, 0.6) is 0 Å². The molecule has 0 aromatic heterocycles. The van der Waals surface area contributed by atoms with E-state index in [0.29, 0.717) is 6.42 Å². The van der Waals surface area contributed by atoms with Gasteiger partial charge in [0.15, 0.2) is 6.10 Å². The topological polar surface area (TPSA) is 46.5 Å². The van der Waals surface area contributed by atoms with E-state index in [1.165, 1.54) is 6.26 Å². The van der Waals surface area contributed by atoms with Crippen molar-refractivity contribution in [1.82, 2.24) is 0 Å². The fraction of sp³-hybridized carbons (Fsp3) is 0.500. The Kier molecular flexibility index (Phi) is 1.72. The average Bonchev–Trinajstić information content (AvgIpc) is 1.90. The third-order valence-corrected chi connectivity index (χ3v) is 1.21. The first-order chi connectivity index (χ1) is 4.30. The number of allylic oxidation sites excluding steroid dienone is 1. The van der Waals surface area contributed by atoms with Crippen molar-refractivity contribution in [3.63, 3.8) is 0 Å². The molecule has 1 N–H and O–H groups in total. The van der Waals surface area contributed by atoms with Crippen LogP contribution in [0, 0.1) is 0 Å². The quantitative estimate of drug-likeness (QED) is 0.567. The van der Waals surface area contributed by atoms with Gasteiger partial charge in [-0.2, -0.15) is 0 Å². The molecule has 1 heterocycles. The molecule has 0 bridgehead atoms. The van der Waals surface area contributed by atoms with E-state index in [9.17, 15) is 4.79 Å². The van der Waals surface area contributed by atoms with Crippen molar-refractivity contribution < 1.29 is 14.6 Å². The van der Waals surface area contributed by atoms with Crippen molar-refractivity contribution in [2.75, 3.05) is 0 Å². The normalized spacial score (nSPS) is 25.1. The highest BCUT2D eigenvalue weighted by atomic mass is 16.5. The van der Waals surface area contributed by atoms with Gasteiger partial charge in [0.25, 0.3) is 0 Å². The van der Waals surface area contributed by atoms with Gasteiger partial charge in [-0.3, -0.25) is 0 Å². The van der Waals surface area contributed by atoms with Crippen LogP contribution in [0.2, 0.25) is 0 Å². The lowest BCUT2D eigenvalue weighted by atomic mass is 10.2. The summed E-state index contributed by atoms with van der Waals surface area (Å²) in [6.45, 7) is 0. The van der Waals surface area contributed by atoms with Crippen LogP contribution in [0.4, 0.5) is 0 Å². The summed E-state index contributed by atoms with van der Waals surface area (Å²) in [6, 6.07) is 0. The number of carboxylic acid groups (broad SMARTS) is 1. The number of carbonyl (C=O) groups is 1. The van der Waals surface area contributed by atoms with E-state index in [2.05, 4.69) is 0 Å². The van der Waals surface area contributed by atoms with Gasteiger partial charge in [-0.25, -0.2) is 4.79 Å². The summed E-state index contributed by atoms with van der Waals surface area (Å²) >= 11 is 0. The maximum absolute atomic E-state index is 10.2. The summed E-state index contributed by atoms with van der Waals surface area (Å²) in [7, 11) is 0. The Balaban J connectivity index is 2.44. The van der Waals surface area contributed by atoms with E-state index >= 15 is 0 Å². The fourth-order valence-electron chi connectivity index (χ4n) is 0.716. The van der Waals surface area contributed by atoms with Crippen LogP contribution in [-0.4, -0.2) is 17.2 Å². The minimum Gasteiger partial charge on any atom is -0.487 e. The molecule has 0 aromatic rings. The summed E-state index contributed by atoms with van der Waals surface area (Å²) in [5, 5.41) is 8.38. The second-order valence-corrected chi connectivity index (χ2v) is 1.91. The number of aliphatic carboxylic acids is 1. The standard InChI is InChI=1S/C6H8O3/c7-6(8)5-3-1-2-4-9-5/h2,4-5H,1,3H2,(H,7,8)/t5-/m0/s1. The van der Waals surface area contributed by atoms with Gasteiger partial charge in [-0.15, -0.1) is 0 Å². The molecule has 0 unspecified atom stereocenters. The summed E-state index contributed by atoms with van der Waals surface area (Å²) < 4.78 is 4.76.